The van der Waals surface area contributed by atoms with Crippen LogP contribution in [-0.4, -0.2) is 33.8 Å². The number of aliphatic hydroxyl groups is 1. The number of nitrogens with zero attached hydrogens (tertiary/aromatic N) is 2. The molecule has 0 aliphatic heterocycles. The molecule has 1 aromatic heterocycles. The summed E-state index contributed by atoms with van der Waals surface area (Å²) in [4.78, 5) is 18.1. The third kappa shape index (κ3) is 6.63. The molecule has 0 aromatic carbocycles. The number of amides is 1. The van der Waals surface area contributed by atoms with Crippen molar-refractivity contribution in [3.8, 4) is 0 Å². The number of halogens is 1. The van der Waals surface area contributed by atoms with E-state index in [9.17, 15) is 9.90 Å². The Kier molecular flexibility index (Phi) is 9.47. The van der Waals surface area contributed by atoms with Gasteiger partial charge in [-0.3, -0.25) is 4.79 Å². The minimum Gasteiger partial charge on any atom is -0.396 e. The first-order chi connectivity index (χ1) is 11.0. The van der Waals surface area contributed by atoms with Crippen molar-refractivity contribution in [1.82, 2.24) is 9.88 Å². The number of rotatable bonds is 10. The number of hydrogen-bond donors (Lipinski definition) is 2. The highest BCUT2D eigenvalue weighted by atomic mass is 35.5. The first-order valence-electron chi connectivity index (χ1n) is 7.26. The van der Waals surface area contributed by atoms with E-state index in [1.807, 2.05) is 6.92 Å². The first-order valence-corrected chi connectivity index (χ1v) is 9.96. The number of carbonyl (C=O) groups is 1. The van der Waals surface area contributed by atoms with E-state index >= 15 is 0 Å². The Morgan fingerprint density at radius 1 is 1.52 bits per heavy atom. The Bertz CT molecular complexity index is 556. The molecule has 0 fully saturated rings. The minimum absolute atomic E-state index is 0.0453. The molecule has 0 saturated carbocycles. The highest BCUT2D eigenvalue weighted by molar-refractivity contribution is 8.78. The Hall–Kier alpha value is -0.890. The first kappa shape index (κ1) is 20.2. The number of anilines is 1. The predicted molar refractivity (Wildman–Crippen MR) is 100 cm³/mol. The molecule has 0 atom stereocenters. The van der Waals surface area contributed by atoms with Gasteiger partial charge in [0.2, 0.25) is 6.41 Å². The van der Waals surface area contributed by atoms with Gasteiger partial charge in [-0.15, -0.1) is 0 Å². The smallest absolute Gasteiger partial charge is 0.214 e. The van der Waals surface area contributed by atoms with Crippen molar-refractivity contribution in [2.45, 2.75) is 33.2 Å². The average Bonchev–Trinajstić information content (AvgIpc) is 2.53. The van der Waals surface area contributed by atoms with Gasteiger partial charge in [0, 0.05) is 34.9 Å². The lowest BCUT2D eigenvalue weighted by Crippen LogP contribution is -2.21. The van der Waals surface area contributed by atoms with Gasteiger partial charge in [0.25, 0.3) is 0 Å². The third-order valence-electron chi connectivity index (χ3n) is 3.07. The quantitative estimate of drug-likeness (QED) is 0.281. The average molecular weight is 376 g/mol. The SMILES string of the molecule is CCCSS/C(CCO)=C(/C)N(C=O)Cc1ccc(Cl)nc1N. The maximum atomic E-state index is 11.5. The van der Waals surface area contributed by atoms with Crippen LogP contribution in [0.4, 0.5) is 5.82 Å². The molecule has 0 spiro atoms. The zero-order valence-electron chi connectivity index (χ0n) is 13.3. The summed E-state index contributed by atoms with van der Waals surface area (Å²) in [5.41, 5.74) is 7.40. The van der Waals surface area contributed by atoms with Gasteiger partial charge in [-0.05, 0) is 19.4 Å². The summed E-state index contributed by atoms with van der Waals surface area (Å²) in [7, 11) is 3.33. The van der Waals surface area contributed by atoms with Gasteiger partial charge in [-0.1, -0.05) is 46.2 Å². The van der Waals surface area contributed by atoms with Crippen LogP contribution in [0.25, 0.3) is 0 Å². The second-order valence-electron chi connectivity index (χ2n) is 4.80. The van der Waals surface area contributed by atoms with Gasteiger partial charge in [-0.25, -0.2) is 4.98 Å². The Labute approximate surface area is 150 Å². The molecule has 1 heterocycles. The lowest BCUT2D eigenvalue weighted by molar-refractivity contribution is -0.116. The molecular formula is C15H22ClN3O2S2. The topological polar surface area (TPSA) is 79.5 Å². The number of nitrogen functional groups attached to an aromatic ring is 1. The van der Waals surface area contributed by atoms with E-state index in [-0.39, 0.29) is 6.61 Å². The molecule has 0 bridgehead atoms. The Balaban J connectivity index is 2.94. The Morgan fingerprint density at radius 2 is 2.26 bits per heavy atom. The molecule has 1 rings (SSSR count). The van der Waals surface area contributed by atoms with Gasteiger partial charge in [0.1, 0.15) is 11.0 Å². The van der Waals surface area contributed by atoms with E-state index in [0.29, 0.717) is 23.9 Å². The van der Waals surface area contributed by atoms with Crippen molar-refractivity contribution in [2.24, 2.45) is 0 Å². The maximum absolute atomic E-state index is 11.5. The fourth-order valence-electron chi connectivity index (χ4n) is 1.77. The normalized spacial score (nSPS) is 12.0. The number of nitrogens with two attached hydrogens (primary N) is 1. The zero-order chi connectivity index (χ0) is 17.2. The van der Waals surface area contributed by atoms with E-state index in [2.05, 4.69) is 11.9 Å². The standard InChI is InChI=1S/C15H22ClN3O2S2/c1-3-8-22-23-13(6-7-20)11(2)19(10-21)9-12-4-5-14(16)18-15(12)17/h4-5,10,20H,3,6-9H2,1-2H3,(H2,17,18)/b13-11-. The number of pyridine rings is 1. The highest BCUT2D eigenvalue weighted by Crippen LogP contribution is 2.35. The molecule has 0 aliphatic carbocycles. The van der Waals surface area contributed by atoms with E-state index in [1.54, 1.807) is 38.6 Å². The molecule has 0 radical (unpaired) electrons. The lowest BCUT2D eigenvalue weighted by Gasteiger charge is -2.22. The van der Waals surface area contributed by atoms with Crippen LogP contribution in [0.1, 0.15) is 32.3 Å². The summed E-state index contributed by atoms with van der Waals surface area (Å²) in [5, 5.41) is 9.58. The molecule has 3 N–H and O–H groups in total. The van der Waals surface area contributed by atoms with Gasteiger partial charge < -0.3 is 15.7 Å². The van der Waals surface area contributed by atoms with E-state index in [4.69, 9.17) is 17.3 Å². The van der Waals surface area contributed by atoms with Crippen molar-refractivity contribution < 1.29 is 9.90 Å². The molecule has 5 nitrogen and oxygen atoms in total. The lowest BCUT2D eigenvalue weighted by atomic mass is 10.2. The number of aliphatic hydroxyl groups excluding tert-OH is 1. The fourth-order valence-corrected chi connectivity index (χ4v) is 4.52. The highest BCUT2D eigenvalue weighted by Gasteiger charge is 2.14. The van der Waals surface area contributed by atoms with E-state index < -0.39 is 0 Å². The zero-order valence-corrected chi connectivity index (χ0v) is 15.7. The number of allylic oxidation sites excluding steroid dienone is 1. The predicted octanol–water partition coefficient (Wildman–Crippen LogP) is 3.68. The largest absolute Gasteiger partial charge is 0.396 e. The summed E-state index contributed by atoms with van der Waals surface area (Å²) in [6.45, 7) is 4.35. The third-order valence-corrected chi connectivity index (χ3v) is 6.13. The van der Waals surface area contributed by atoms with Gasteiger partial charge in [-0.2, -0.15) is 0 Å². The summed E-state index contributed by atoms with van der Waals surface area (Å²) in [5.74, 6) is 1.33. The molecule has 8 heteroatoms. The van der Waals surface area contributed by atoms with Crippen LogP contribution in [0.3, 0.4) is 0 Å². The molecule has 0 saturated heterocycles. The van der Waals surface area contributed by atoms with Crippen molar-refractivity contribution in [3.63, 3.8) is 0 Å². The molecule has 1 amide bonds. The maximum Gasteiger partial charge on any atom is 0.214 e. The number of aromatic nitrogens is 1. The number of carbonyl (C=O) groups excluding carboxylic acids is 1. The molecule has 1 aromatic rings. The van der Waals surface area contributed by atoms with Crippen LogP contribution in [0, 0.1) is 0 Å². The van der Waals surface area contributed by atoms with Crippen LogP contribution < -0.4 is 5.73 Å². The fraction of sp³-hybridized carbons (Fsp3) is 0.467. The van der Waals surface area contributed by atoms with E-state index in [0.717, 1.165) is 34.7 Å². The molecule has 128 valence electrons. The molecule has 23 heavy (non-hydrogen) atoms. The van der Waals surface area contributed by atoms with Crippen LogP contribution in [0.15, 0.2) is 22.7 Å². The van der Waals surface area contributed by atoms with E-state index in [1.165, 1.54) is 0 Å². The van der Waals surface area contributed by atoms with Crippen molar-refractivity contribution in [3.05, 3.63) is 33.5 Å². The van der Waals surface area contributed by atoms with Crippen LogP contribution in [-0.2, 0) is 11.3 Å². The summed E-state index contributed by atoms with van der Waals surface area (Å²) >= 11 is 5.80. The van der Waals surface area contributed by atoms with Crippen LogP contribution in [0.5, 0.6) is 0 Å². The van der Waals surface area contributed by atoms with Crippen LogP contribution >= 0.6 is 33.2 Å². The van der Waals surface area contributed by atoms with Crippen molar-refractivity contribution in [1.29, 1.82) is 0 Å². The van der Waals surface area contributed by atoms with Crippen molar-refractivity contribution in [2.75, 3.05) is 18.1 Å². The van der Waals surface area contributed by atoms with Gasteiger partial charge in [0.05, 0.1) is 6.54 Å². The summed E-state index contributed by atoms with van der Waals surface area (Å²) in [6, 6.07) is 3.41. The molecule has 0 aliphatic rings. The van der Waals surface area contributed by atoms with Gasteiger partial charge in [0.15, 0.2) is 0 Å². The van der Waals surface area contributed by atoms with Crippen LogP contribution in [0.2, 0.25) is 5.15 Å². The monoisotopic (exact) mass is 375 g/mol. The number of hydrogen-bond acceptors (Lipinski definition) is 6. The summed E-state index contributed by atoms with van der Waals surface area (Å²) < 4.78 is 0. The van der Waals surface area contributed by atoms with Gasteiger partial charge >= 0.3 is 0 Å². The molecule has 0 unspecified atom stereocenters. The van der Waals surface area contributed by atoms with Crippen molar-refractivity contribution >= 4 is 45.4 Å². The Morgan fingerprint density at radius 3 is 2.83 bits per heavy atom. The minimum atomic E-state index is 0.0453. The summed E-state index contributed by atoms with van der Waals surface area (Å²) in [6.07, 6.45) is 2.37. The second kappa shape index (κ2) is 10.8. The second-order valence-corrected chi connectivity index (χ2v) is 7.70. The molecular weight excluding hydrogens is 354 g/mol.